The molecule has 0 saturated carbocycles. The topological polar surface area (TPSA) is 56.5 Å². The van der Waals surface area contributed by atoms with Crippen LogP contribution in [0.2, 0.25) is 0 Å². The van der Waals surface area contributed by atoms with Crippen molar-refractivity contribution < 1.29 is 9.36 Å². The summed E-state index contributed by atoms with van der Waals surface area (Å²) in [4.78, 5) is 5.15. The van der Waals surface area contributed by atoms with Crippen molar-refractivity contribution in [2.45, 2.75) is 0 Å². The van der Waals surface area contributed by atoms with Crippen molar-refractivity contribution in [1.29, 1.82) is 0 Å². The van der Waals surface area contributed by atoms with E-state index < -0.39 is 0 Å². The van der Waals surface area contributed by atoms with Crippen molar-refractivity contribution in [2.24, 2.45) is 5.73 Å². The fourth-order valence-electron chi connectivity index (χ4n) is 0.780. The van der Waals surface area contributed by atoms with Crippen LogP contribution in [0.15, 0.2) is 24.3 Å². The first-order valence-electron chi connectivity index (χ1n) is 3.93. The van der Waals surface area contributed by atoms with E-state index in [-0.39, 0.29) is 0 Å². The van der Waals surface area contributed by atoms with Crippen molar-refractivity contribution in [3.05, 3.63) is 24.3 Å². The molecule has 3 N–H and O–H groups in total. The minimum absolute atomic E-state index is 0.548. The molecule has 0 spiro atoms. The van der Waals surface area contributed by atoms with Crippen LogP contribution in [0.25, 0.3) is 0 Å². The molecular weight excluding hydrogens is 187 g/mol. The maximum atomic E-state index is 5.27. The molecule has 0 heterocycles. The Balaban J connectivity index is 2.40. The molecule has 4 nitrogen and oxygen atoms in total. The highest BCUT2D eigenvalue weighted by Crippen LogP contribution is 2.17. The Morgan fingerprint density at radius 2 is 1.85 bits per heavy atom. The second kappa shape index (κ2) is 5.75. The number of rotatable bonds is 5. The van der Waals surface area contributed by atoms with Crippen LogP contribution in [0, 0.1) is 0 Å². The number of hydrogen-bond acceptors (Lipinski definition) is 4. The molecule has 5 heteroatoms. The molecule has 0 amide bonds. The number of nitrogens with two attached hydrogens (primary N) is 1. The van der Waals surface area contributed by atoms with Gasteiger partial charge in [-0.05, 0) is 24.3 Å². The normalized spacial score (nSPS) is 9.69. The van der Waals surface area contributed by atoms with E-state index in [1.165, 1.54) is 0 Å². The van der Waals surface area contributed by atoms with Gasteiger partial charge in [0.05, 0.1) is 9.47 Å². The van der Waals surface area contributed by atoms with Crippen molar-refractivity contribution in [3.8, 4) is 11.5 Å². The van der Waals surface area contributed by atoms with Gasteiger partial charge in [-0.3, -0.25) is 0 Å². The van der Waals surface area contributed by atoms with Gasteiger partial charge in [-0.15, -0.1) is 0 Å². The van der Waals surface area contributed by atoms with E-state index in [9.17, 15) is 0 Å². The monoisotopic (exact) mass is 200 g/mol. The molecule has 1 aromatic rings. The van der Waals surface area contributed by atoms with Gasteiger partial charge in [-0.1, -0.05) is 0 Å². The van der Waals surface area contributed by atoms with Crippen molar-refractivity contribution in [1.82, 2.24) is 5.48 Å². The van der Waals surface area contributed by atoms with Crippen LogP contribution in [-0.4, -0.2) is 13.1 Å². The van der Waals surface area contributed by atoms with Crippen LogP contribution in [0.3, 0.4) is 0 Å². The SMILES string of the molecule is NCCNOc1ccc(OP)cc1. The lowest BCUT2D eigenvalue weighted by atomic mass is 10.3. The number of hydrogen-bond donors (Lipinski definition) is 2. The lowest BCUT2D eigenvalue weighted by molar-refractivity contribution is 0.199. The van der Waals surface area contributed by atoms with Crippen LogP contribution >= 0.6 is 9.47 Å². The summed E-state index contributed by atoms with van der Waals surface area (Å²) in [5, 5.41) is 0. The summed E-state index contributed by atoms with van der Waals surface area (Å²) >= 11 is 0. The Morgan fingerprint density at radius 3 is 2.38 bits per heavy atom. The summed E-state index contributed by atoms with van der Waals surface area (Å²) in [6.45, 7) is 1.18. The van der Waals surface area contributed by atoms with Gasteiger partial charge in [0.15, 0.2) is 0 Å². The Labute approximate surface area is 79.6 Å². The summed E-state index contributed by atoms with van der Waals surface area (Å²) in [5.74, 6) is 1.51. The fraction of sp³-hybridized carbons (Fsp3) is 0.250. The van der Waals surface area contributed by atoms with E-state index in [1.807, 2.05) is 24.3 Å². The molecule has 0 aromatic heterocycles. The Hall–Kier alpha value is -0.830. The summed E-state index contributed by atoms with van der Waals surface area (Å²) in [6.07, 6.45) is 0. The van der Waals surface area contributed by atoms with E-state index in [2.05, 4.69) is 14.9 Å². The van der Waals surface area contributed by atoms with E-state index in [1.54, 1.807) is 0 Å². The third-order valence-corrected chi connectivity index (χ3v) is 1.67. The van der Waals surface area contributed by atoms with Gasteiger partial charge >= 0.3 is 0 Å². The van der Waals surface area contributed by atoms with E-state index in [4.69, 9.17) is 15.1 Å². The first-order chi connectivity index (χ1) is 6.36. The van der Waals surface area contributed by atoms with Gasteiger partial charge < -0.3 is 15.1 Å². The van der Waals surface area contributed by atoms with Crippen LogP contribution in [-0.2, 0) is 0 Å². The third kappa shape index (κ3) is 3.59. The quantitative estimate of drug-likeness (QED) is 0.417. The highest BCUT2D eigenvalue weighted by molar-refractivity contribution is 7.10. The highest BCUT2D eigenvalue weighted by atomic mass is 31.0. The number of hydroxylamine groups is 1. The van der Waals surface area contributed by atoms with Crippen LogP contribution in [0.4, 0.5) is 0 Å². The molecule has 0 fully saturated rings. The molecular formula is C8H13N2O2P. The Morgan fingerprint density at radius 1 is 1.23 bits per heavy atom. The average Bonchev–Trinajstić information content (AvgIpc) is 2.19. The van der Waals surface area contributed by atoms with Crippen LogP contribution in [0.5, 0.6) is 11.5 Å². The maximum absolute atomic E-state index is 5.27. The third-order valence-electron chi connectivity index (χ3n) is 1.40. The summed E-state index contributed by atoms with van der Waals surface area (Å²) in [7, 11) is 2.18. The second-order valence-electron chi connectivity index (χ2n) is 2.37. The Kier molecular flexibility index (Phi) is 4.54. The lowest BCUT2D eigenvalue weighted by Gasteiger charge is -2.05. The molecule has 0 saturated heterocycles. The van der Waals surface area contributed by atoms with E-state index >= 15 is 0 Å². The van der Waals surface area contributed by atoms with Gasteiger partial charge in [-0.25, -0.2) is 0 Å². The maximum Gasteiger partial charge on any atom is 0.147 e. The standard InChI is InChI=1S/C8H13N2O2P/c9-5-6-10-11-7-1-3-8(12-13)4-2-7/h1-4,10H,5-6,9,13H2. The molecule has 0 bridgehead atoms. The fourth-order valence-corrected chi connectivity index (χ4v) is 0.937. The molecule has 0 aliphatic rings. The second-order valence-corrected chi connectivity index (χ2v) is 2.61. The van der Waals surface area contributed by atoms with Gasteiger partial charge in [-0.2, -0.15) is 5.48 Å². The number of benzene rings is 1. The molecule has 13 heavy (non-hydrogen) atoms. The van der Waals surface area contributed by atoms with Gasteiger partial charge in [0.25, 0.3) is 0 Å². The predicted molar refractivity (Wildman–Crippen MR) is 54.5 cm³/mol. The minimum atomic E-state index is 0.548. The molecule has 0 aliphatic heterocycles. The molecule has 0 aliphatic carbocycles. The first kappa shape index (κ1) is 10.3. The van der Waals surface area contributed by atoms with E-state index in [0.29, 0.717) is 13.1 Å². The molecule has 72 valence electrons. The van der Waals surface area contributed by atoms with Gasteiger partial charge in [0.2, 0.25) is 0 Å². The van der Waals surface area contributed by atoms with Crippen LogP contribution in [0.1, 0.15) is 0 Å². The molecule has 1 atom stereocenters. The molecule has 1 unspecified atom stereocenters. The predicted octanol–water partition coefficient (Wildman–Crippen LogP) is 0.698. The minimum Gasteiger partial charge on any atom is -0.480 e. The smallest absolute Gasteiger partial charge is 0.147 e. The Bertz CT molecular complexity index is 240. The summed E-state index contributed by atoms with van der Waals surface area (Å²) in [5.41, 5.74) is 7.99. The average molecular weight is 200 g/mol. The van der Waals surface area contributed by atoms with Crippen molar-refractivity contribution in [3.63, 3.8) is 0 Å². The van der Waals surface area contributed by atoms with Crippen molar-refractivity contribution >= 4 is 9.47 Å². The van der Waals surface area contributed by atoms with Crippen molar-refractivity contribution in [2.75, 3.05) is 13.1 Å². The molecule has 1 rings (SSSR count). The lowest BCUT2D eigenvalue weighted by Crippen LogP contribution is -2.25. The molecule has 0 radical (unpaired) electrons. The van der Waals surface area contributed by atoms with Gasteiger partial charge in [0.1, 0.15) is 11.5 Å². The largest absolute Gasteiger partial charge is 0.480 e. The summed E-state index contributed by atoms with van der Waals surface area (Å²) in [6, 6.07) is 7.24. The zero-order valence-electron chi connectivity index (χ0n) is 7.19. The highest BCUT2D eigenvalue weighted by Gasteiger charge is 1.93. The van der Waals surface area contributed by atoms with Crippen LogP contribution < -0.4 is 20.6 Å². The molecule has 1 aromatic carbocycles. The summed E-state index contributed by atoms with van der Waals surface area (Å²) < 4.78 is 4.92. The zero-order valence-corrected chi connectivity index (χ0v) is 8.35. The van der Waals surface area contributed by atoms with Gasteiger partial charge in [0, 0.05) is 13.1 Å². The zero-order chi connectivity index (χ0) is 9.52. The number of nitrogens with one attached hydrogen (secondary N) is 1. The van der Waals surface area contributed by atoms with E-state index in [0.717, 1.165) is 11.5 Å². The first-order valence-corrected chi connectivity index (χ1v) is 4.40.